The molecule has 0 aliphatic carbocycles. The molecule has 0 spiro atoms. The van der Waals surface area contributed by atoms with Crippen molar-refractivity contribution in [2.45, 2.75) is 6.18 Å². The van der Waals surface area contributed by atoms with Crippen LogP contribution in [0.5, 0.6) is 0 Å². The molecule has 17 heavy (non-hydrogen) atoms. The monoisotopic (exact) mass is 254 g/mol. The molecule has 0 aromatic rings. The van der Waals surface area contributed by atoms with E-state index in [0.29, 0.717) is 26.2 Å². The van der Waals surface area contributed by atoms with E-state index in [-0.39, 0.29) is 18.9 Å². The van der Waals surface area contributed by atoms with Crippen LogP contribution in [0, 0.1) is 0 Å². The number of methoxy groups -OCH3 is 1. The second-order valence-corrected chi connectivity index (χ2v) is 4.14. The minimum absolute atomic E-state index is 0.0447. The van der Waals surface area contributed by atoms with E-state index in [0.717, 1.165) is 0 Å². The van der Waals surface area contributed by atoms with Crippen LogP contribution in [0.4, 0.5) is 13.2 Å². The molecule has 1 saturated heterocycles. The van der Waals surface area contributed by atoms with Crippen LogP contribution >= 0.6 is 0 Å². The number of Topliss-reactive ketones (excluding diaryl/α,β-unsaturated/α-hetero) is 1. The smallest absolute Gasteiger partial charge is 0.377 e. The summed E-state index contributed by atoms with van der Waals surface area (Å²) in [6, 6.07) is 0. The van der Waals surface area contributed by atoms with Crippen molar-refractivity contribution in [1.29, 1.82) is 0 Å². The lowest BCUT2D eigenvalue weighted by molar-refractivity contribution is -0.150. The summed E-state index contributed by atoms with van der Waals surface area (Å²) in [6.45, 7) is 1.12. The summed E-state index contributed by atoms with van der Waals surface area (Å²) < 4.78 is 41.1. The van der Waals surface area contributed by atoms with Gasteiger partial charge < -0.3 is 4.74 Å². The molecular formula is C10H17F3N2O2. The number of hydrogen-bond acceptors (Lipinski definition) is 4. The molecule has 0 aromatic carbocycles. The van der Waals surface area contributed by atoms with E-state index in [9.17, 15) is 18.0 Å². The molecule has 0 bridgehead atoms. The summed E-state index contributed by atoms with van der Waals surface area (Å²) in [7, 11) is 1.44. The van der Waals surface area contributed by atoms with Crippen molar-refractivity contribution in [2.24, 2.45) is 0 Å². The summed E-state index contributed by atoms with van der Waals surface area (Å²) in [5.41, 5.74) is 0. The molecule has 0 radical (unpaired) electrons. The Morgan fingerprint density at radius 1 is 1.18 bits per heavy atom. The number of nitrogens with zero attached hydrogens (tertiary/aromatic N) is 2. The molecule has 7 heteroatoms. The SMILES string of the molecule is COCC(=O)CN1CCN(CC(F)(F)F)CC1. The Morgan fingerprint density at radius 3 is 2.18 bits per heavy atom. The predicted molar refractivity (Wildman–Crippen MR) is 55.8 cm³/mol. The number of piperazine rings is 1. The van der Waals surface area contributed by atoms with Gasteiger partial charge in [-0.3, -0.25) is 14.6 Å². The number of hydrogen-bond donors (Lipinski definition) is 0. The van der Waals surface area contributed by atoms with Crippen LogP contribution in [0.1, 0.15) is 0 Å². The molecule has 0 N–H and O–H groups in total. The van der Waals surface area contributed by atoms with E-state index >= 15 is 0 Å². The van der Waals surface area contributed by atoms with Gasteiger partial charge in [-0.2, -0.15) is 13.2 Å². The van der Waals surface area contributed by atoms with Crippen LogP contribution in [-0.4, -0.2) is 74.7 Å². The third-order valence-corrected chi connectivity index (χ3v) is 2.57. The highest BCUT2D eigenvalue weighted by atomic mass is 19.4. The molecule has 0 amide bonds. The number of rotatable bonds is 5. The summed E-state index contributed by atoms with van der Waals surface area (Å²) in [5, 5.41) is 0. The summed E-state index contributed by atoms with van der Waals surface area (Å²) >= 11 is 0. The quantitative estimate of drug-likeness (QED) is 0.710. The van der Waals surface area contributed by atoms with E-state index in [1.807, 2.05) is 4.90 Å². The first-order valence-corrected chi connectivity index (χ1v) is 5.43. The molecule has 1 fully saturated rings. The Kier molecular flexibility index (Phi) is 5.35. The van der Waals surface area contributed by atoms with Gasteiger partial charge in [-0.15, -0.1) is 0 Å². The van der Waals surface area contributed by atoms with Crippen molar-refractivity contribution in [3.63, 3.8) is 0 Å². The number of alkyl halides is 3. The summed E-state index contributed by atoms with van der Waals surface area (Å²) in [5.74, 6) is -0.0447. The zero-order chi connectivity index (χ0) is 12.9. The fourth-order valence-electron chi connectivity index (χ4n) is 1.82. The maximum absolute atomic E-state index is 12.1. The fraction of sp³-hybridized carbons (Fsp3) is 0.900. The van der Waals surface area contributed by atoms with Crippen LogP contribution in [0.25, 0.3) is 0 Å². The molecule has 4 nitrogen and oxygen atoms in total. The third-order valence-electron chi connectivity index (χ3n) is 2.57. The highest BCUT2D eigenvalue weighted by Gasteiger charge is 2.32. The first-order valence-electron chi connectivity index (χ1n) is 5.43. The molecule has 0 saturated carbocycles. The topological polar surface area (TPSA) is 32.8 Å². The largest absolute Gasteiger partial charge is 0.401 e. The van der Waals surface area contributed by atoms with Gasteiger partial charge in [0.05, 0.1) is 13.1 Å². The second kappa shape index (κ2) is 6.32. The number of carbonyl (C=O) groups excluding carboxylic acids is 1. The van der Waals surface area contributed by atoms with E-state index < -0.39 is 12.7 Å². The van der Waals surface area contributed by atoms with Crippen LogP contribution in [0.15, 0.2) is 0 Å². The van der Waals surface area contributed by atoms with Gasteiger partial charge in [0.1, 0.15) is 6.61 Å². The molecule has 100 valence electrons. The summed E-state index contributed by atoms with van der Waals surface area (Å²) in [4.78, 5) is 14.5. The zero-order valence-corrected chi connectivity index (χ0v) is 9.79. The molecule has 1 aliphatic heterocycles. The Bertz CT molecular complexity index is 250. The molecule has 0 atom stereocenters. The van der Waals surface area contributed by atoms with Crippen LogP contribution in [0.2, 0.25) is 0 Å². The maximum Gasteiger partial charge on any atom is 0.401 e. The highest BCUT2D eigenvalue weighted by Crippen LogP contribution is 2.17. The van der Waals surface area contributed by atoms with Gasteiger partial charge in [0, 0.05) is 33.3 Å². The average molecular weight is 254 g/mol. The van der Waals surface area contributed by atoms with Crippen molar-refractivity contribution in [3.8, 4) is 0 Å². The van der Waals surface area contributed by atoms with Crippen LogP contribution in [-0.2, 0) is 9.53 Å². The van der Waals surface area contributed by atoms with Crippen molar-refractivity contribution in [2.75, 3.05) is 53.0 Å². The van der Waals surface area contributed by atoms with Gasteiger partial charge in [-0.05, 0) is 0 Å². The van der Waals surface area contributed by atoms with Crippen LogP contribution < -0.4 is 0 Å². The molecule has 1 rings (SSSR count). The summed E-state index contributed by atoms with van der Waals surface area (Å²) in [6.07, 6.45) is -4.14. The minimum Gasteiger partial charge on any atom is -0.377 e. The lowest BCUT2D eigenvalue weighted by Gasteiger charge is -2.34. The zero-order valence-electron chi connectivity index (χ0n) is 9.79. The van der Waals surface area contributed by atoms with Gasteiger partial charge in [-0.25, -0.2) is 0 Å². The molecule has 1 aliphatic rings. The van der Waals surface area contributed by atoms with Crippen molar-refractivity contribution in [1.82, 2.24) is 9.80 Å². The van der Waals surface area contributed by atoms with E-state index in [1.165, 1.54) is 12.0 Å². The average Bonchev–Trinajstić information content (AvgIpc) is 2.19. The van der Waals surface area contributed by atoms with Crippen molar-refractivity contribution >= 4 is 5.78 Å². The van der Waals surface area contributed by atoms with E-state index in [1.54, 1.807) is 0 Å². The predicted octanol–water partition coefficient (Wildman–Crippen LogP) is 0.382. The lowest BCUT2D eigenvalue weighted by atomic mass is 10.3. The maximum atomic E-state index is 12.1. The number of ether oxygens (including phenoxy) is 1. The molecular weight excluding hydrogens is 237 g/mol. The van der Waals surface area contributed by atoms with Crippen molar-refractivity contribution in [3.05, 3.63) is 0 Å². The Morgan fingerprint density at radius 2 is 1.71 bits per heavy atom. The Balaban J connectivity index is 2.24. The third kappa shape index (κ3) is 5.99. The van der Waals surface area contributed by atoms with E-state index in [2.05, 4.69) is 0 Å². The number of carbonyl (C=O) groups is 1. The molecule has 0 aromatic heterocycles. The van der Waals surface area contributed by atoms with Gasteiger partial charge in [-0.1, -0.05) is 0 Å². The Labute approximate surface area is 98.3 Å². The number of halogens is 3. The second-order valence-electron chi connectivity index (χ2n) is 4.14. The fourth-order valence-corrected chi connectivity index (χ4v) is 1.82. The first kappa shape index (κ1) is 14.4. The van der Waals surface area contributed by atoms with Crippen molar-refractivity contribution < 1.29 is 22.7 Å². The normalized spacial score (nSPS) is 19.5. The van der Waals surface area contributed by atoms with E-state index in [4.69, 9.17) is 4.74 Å². The standard InChI is InChI=1S/C10H17F3N2O2/c1-17-7-9(16)6-14-2-4-15(5-3-14)8-10(11,12)13/h2-8H2,1H3. The van der Waals surface area contributed by atoms with Gasteiger partial charge in [0.25, 0.3) is 0 Å². The van der Waals surface area contributed by atoms with Gasteiger partial charge in [0.2, 0.25) is 0 Å². The first-order chi connectivity index (χ1) is 7.90. The molecule has 0 unspecified atom stereocenters. The molecule has 1 heterocycles. The Hall–Kier alpha value is -0.660. The highest BCUT2D eigenvalue weighted by molar-refractivity contribution is 5.81. The van der Waals surface area contributed by atoms with Gasteiger partial charge >= 0.3 is 6.18 Å². The number of ketones is 1. The van der Waals surface area contributed by atoms with Crippen LogP contribution in [0.3, 0.4) is 0 Å². The lowest BCUT2D eigenvalue weighted by Crippen LogP contribution is -2.50. The minimum atomic E-state index is -4.14. The van der Waals surface area contributed by atoms with Gasteiger partial charge in [0.15, 0.2) is 5.78 Å².